The van der Waals surface area contributed by atoms with Crippen LogP contribution in [0.1, 0.15) is 32.4 Å². The summed E-state index contributed by atoms with van der Waals surface area (Å²) in [5.41, 5.74) is 3.81. The van der Waals surface area contributed by atoms with Crippen molar-refractivity contribution < 1.29 is 4.79 Å². The van der Waals surface area contributed by atoms with E-state index in [-0.39, 0.29) is 12.5 Å². The highest BCUT2D eigenvalue weighted by molar-refractivity contribution is 7.12. The number of carbonyl (C=O) groups is 1. The molecule has 0 N–H and O–H groups in total. The average Bonchev–Trinajstić information content (AvgIpc) is 3.29. The van der Waals surface area contributed by atoms with Crippen molar-refractivity contribution in [3.63, 3.8) is 0 Å². The lowest BCUT2D eigenvalue weighted by molar-refractivity contribution is 0.0988. The van der Waals surface area contributed by atoms with Gasteiger partial charge in [-0.15, -0.1) is 16.4 Å². The first-order valence-corrected chi connectivity index (χ1v) is 9.51. The Labute approximate surface area is 161 Å². The van der Waals surface area contributed by atoms with Crippen LogP contribution in [0.15, 0.2) is 47.8 Å². The summed E-state index contributed by atoms with van der Waals surface area (Å²) in [6.07, 6.45) is 0. The fourth-order valence-corrected chi connectivity index (χ4v) is 3.63. The lowest BCUT2D eigenvalue weighted by Gasteiger charge is -2.21. The smallest absolute Gasteiger partial charge is 0.268 e. The molecule has 0 spiro atoms. The van der Waals surface area contributed by atoms with Gasteiger partial charge in [0.1, 0.15) is 0 Å². The van der Waals surface area contributed by atoms with E-state index in [0.29, 0.717) is 16.5 Å². The monoisotopic (exact) mass is 377 g/mol. The quantitative estimate of drug-likeness (QED) is 0.540. The van der Waals surface area contributed by atoms with Gasteiger partial charge < -0.3 is 0 Å². The highest BCUT2D eigenvalue weighted by atomic mass is 32.1. The molecule has 4 aromatic rings. The second kappa shape index (κ2) is 6.92. The van der Waals surface area contributed by atoms with E-state index in [1.54, 1.807) is 9.42 Å². The molecule has 136 valence electrons. The molecular weight excluding hydrogens is 358 g/mol. The number of aromatic nitrogens is 4. The molecule has 0 saturated heterocycles. The Morgan fingerprint density at radius 2 is 1.89 bits per heavy atom. The molecule has 0 fully saturated rings. The van der Waals surface area contributed by atoms with E-state index >= 15 is 0 Å². The van der Waals surface area contributed by atoms with Crippen LogP contribution in [0.5, 0.6) is 0 Å². The van der Waals surface area contributed by atoms with Crippen molar-refractivity contribution >= 4 is 28.7 Å². The van der Waals surface area contributed by atoms with Crippen LogP contribution in [-0.2, 0) is 6.54 Å². The van der Waals surface area contributed by atoms with E-state index in [9.17, 15) is 4.79 Å². The molecule has 0 atom stereocenters. The number of fused-ring (bicyclic) bond motifs is 1. The maximum absolute atomic E-state index is 13.1. The molecule has 6 nitrogen and oxygen atoms in total. The van der Waals surface area contributed by atoms with Gasteiger partial charge >= 0.3 is 0 Å². The van der Waals surface area contributed by atoms with Gasteiger partial charge in [-0.3, -0.25) is 9.69 Å². The number of anilines is 1. The number of amides is 1. The molecule has 1 amide bonds. The van der Waals surface area contributed by atoms with Gasteiger partial charge in [-0.25, -0.2) is 9.50 Å². The molecule has 3 heterocycles. The van der Waals surface area contributed by atoms with Crippen molar-refractivity contribution in [2.24, 2.45) is 0 Å². The minimum Gasteiger partial charge on any atom is -0.300 e. The van der Waals surface area contributed by atoms with Gasteiger partial charge in [-0.05, 0) is 50.4 Å². The fraction of sp³-hybridized carbons (Fsp3) is 0.200. The van der Waals surface area contributed by atoms with Crippen molar-refractivity contribution in [2.75, 3.05) is 4.90 Å². The van der Waals surface area contributed by atoms with Crippen LogP contribution >= 0.6 is 11.3 Å². The molecule has 0 radical (unpaired) electrons. The third kappa shape index (κ3) is 3.46. The molecule has 0 aliphatic carbocycles. The maximum atomic E-state index is 13.1. The second-order valence-electron chi connectivity index (χ2n) is 6.48. The summed E-state index contributed by atoms with van der Waals surface area (Å²) in [6, 6.07) is 13.6. The molecular formula is C20H19N5OS. The summed E-state index contributed by atoms with van der Waals surface area (Å²) >= 11 is 1.43. The van der Waals surface area contributed by atoms with Crippen LogP contribution in [0.3, 0.4) is 0 Å². The first-order valence-electron chi connectivity index (χ1n) is 8.63. The first kappa shape index (κ1) is 17.4. The summed E-state index contributed by atoms with van der Waals surface area (Å²) in [5, 5.41) is 6.46. The predicted molar refractivity (Wildman–Crippen MR) is 106 cm³/mol. The summed E-state index contributed by atoms with van der Waals surface area (Å²) in [6.45, 7) is 6.20. The summed E-state index contributed by atoms with van der Waals surface area (Å²) in [5.74, 6) is 1.05. The topological polar surface area (TPSA) is 63.4 Å². The van der Waals surface area contributed by atoms with E-state index < -0.39 is 0 Å². The predicted octanol–water partition coefficient (Wildman–Crippen LogP) is 3.96. The van der Waals surface area contributed by atoms with E-state index in [2.05, 4.69) is 15.1 Å². The minimum absolute atomic E-state index is 0.0615. The summed E-state index contributed by atoms with van der Waals surface area (Å²) < 4.78 is 1.71. The SMILES string of the molecule is Cc1ccc(N(Cc2nc3nc(C)cc(C)n3n2)C(=O)c2cccs2)cc1. The number of hydrogen-bond acceptors (Lipinski definition) is 5. The Morgan fingerprint density at radius 1 is 1.11 bits per heavy atom. The van der Waals surface area contributed by atoms with Gasteiger partial charge in [0.05, 0.1) is 11.4 Å². The van der Waals surface area contributed by atoms with E-state index in [4.69, 9.17) is 0 Å². The standard InChI is InChI=1S/C20H19N5OS/c1-13-6-8-16(9-7-13)24(19(26)17-5-4-10-27-17)12-18-22-20-21-14(2)11-15(3)25(20)23-18/h4-11H,12H2,1-3H3. The number of carbonyl (C=O) groups excluding carboxylic acids is 1. The molecule has 1 aromatic carbocycles. The molecule has 0 aliphatic rings. The highest BCUT2D eigenvalue weighted by Gasteiger charge is 2.21. The normalized spacial score (nSPS) is 11.1. The van der Waals surface area contributed by atoms with E-state index in [0.717, 1.165) is 22.6 Å². The zero-order valence-corrected chi connectivity index (χ0v) is 16.2. The molecule has 3 aromatic heterocycles. The lowest BCUT2D eigenvalue weighted by atomic mass is 10.2. The van der Waals surface area contributed by atoms with Crippen molar-refractivity contribution in [1.82, 2.24) is 19.6 Å². The number of thiophene rings is 1. The van der Waals surface area contributed by atoms with Crippen molar-refractivity contribution in [2.45, 2.75) is 27.3 Å². The van der Waals surface area contributed by atoms with Crippen molar-refractivity contribution in [3.8, 4) is 0 Å². The summed E-state index contributed by atoms with van der Waals surface area (Å²) in [7, 11) is 0. The third-order valence-electron chi connectivity index (χ3n) is 4.28. The molecule has 0 aliphatic heterocycles. The van der Waals surface area contributed by atoms with Crippen LogP contribution in [0, 0.1) is 20.8 Å². The zero-order chi connectivity index (χ0) is 19.0. The second-order valence-corrected chi connectivity index (χ2v) is 7.43. The van der Waals surface area contributed by atoms with Crippen LogP contribution in [0.25, 0.3) is 5.78 Å². The average molecular weight is 377 g/mol. The molecule has 0 bridgehead atoms. The van der Waals surface area contributed by atoms with Crippen LogP contribution in [0.2, 0.25) is 0 Å². The number of hydrogen-bond donors (Lipinski definition) is 0. The molecule has 4 rings (SSSR count). The highest BCUT2D eigenvalue weighted by Crippen LogP contribution is 2.22. The fourth-order valence-electron chi connectivity index (χ4n) is 2.95. The third-order valence-corrected chi connectivity index (χ3v) is 5.14. The van der Waals surface area contributed by atoms with Crippen LogP contribution in [0.4, 0.5) is 5.69 Å². The Balaban J connectivity index is 1.74. The maximum Gasteiger partial charge on any atom is 0.268 e. The lowest BCUT2D eigenvalue weighted by Crippen LogP contribution is -2.30. The van der Waals surface area contributed by atoms with Gasteiger partial charge in [-0.2, -0.15) is 4.98 Å². The van der Waals surface area contributed by atoms with E-state index in [1.165, 1.54) is 11.3 Å². The Hall–Kier alpha value is -3.06. The van der Waals surface area contributed by atoms with Crippen LogP contribution in [-0.4, -0.2) is 25.5 Å². The van der Waals surface area contributed by atoms with E-state index in [1.807, 2.05) is 68.6 Å². The van der Waals surface area contributed by atoms with Gasteiger partial charge in [0, 0.05) is 17.1 Å². The zero-order valence-electron chi connectivity index (χ0n) is 15.4. The Kier molecular flexibility index (Phi) is 4.45. The van der Waals surface area contributed by atoms with Gasteiger partial charge in [0.15, 0.2) is 5.82 Å². The number of nitrogens with zero attached hydrogens (tertiary/aromatic N) is 5. The van der Waals surface area contributed by atoms with Crippen molar-refractivity contribution in [3.05, 3.63) is 75.5 Å². The largest absolute Gasteiger partial charge is 0.300 e. The number of rotatable bonds is 4. The van der Waals surface area contributed by atoms with Crippen molar-refractivity contribution in [1.29, 1.82) is 0 Å². The number of aryl methyl sites for hydroxylation is 3. The Morgan fingerprint density at radius 3 is 2.59 bits per heavy atom. The molecule has 7 heteroatoms. The van der Waals surface area contributed by atoms with Gasteiger partial charge in [0.2, 0.25) is 0 Å². The molecule has 0 unspecified atom stereocenters. The minimum atomic E-state index is -0.0615. The molecule has 27 heavy (non-hydrogen) atoms. The molecule has 0 saturated carbocycles. The van der Waals surface area contributed by atoms with Gasteiger partial charge in [0.25, 0.3) is 11.7 Å². The number of benzene rings is 1. The first-order chi connectivity index (χ1) is 13.0. The van der Waals surface area contributed by atoms with Gasteiger partial charge in [-0.1, -0.05) is 23.8 Å². The Bertz CT molecular complexity index is 1100. The summed E-state index contributed by atoms with van der Waals surface area (Å²) in [4.78, 5) is 24.4. The van der Waals surface area contributed by atoms with Crippen LogP contribution < -0.4 is 4.90 Å².